The number of hydrogen-bond donors (Lipinski definition) is 0. The van der Waals surface area contributed by atoms with Crippen molar-refractivity contribution in [3.63, 3.8) is 0 Å². The first-order valence-electron chi connectivity index (χ1n) is 7.78. The molecule has 0 aliphatic heterocycles. The highest BCUT2D eigenvalue weighted by atomic mass is 35.5. The molecule has 0 aliphatic carbocycles. The van der Waals surface area contributed by atoms with Gasteiger partial charge in [-0.05, 0) is 64.1 Å². The highest BCUT2D eigenvalue weighted by Gasteiger charge is 2.35. The third kappa shape index (κ3) is 4.37. The average molecular weight is 363 g/mol. The van der Waals surface area contributed by atoms with Crippen LogP contribution >= 0.6 is 11.8 Å². The highest BCUT2D eigenvalue weighted by molar-refractivity contribution is 6.24. The fourth-order valence-corrected chi connectivity index (χ4v) is 2.65. The van der Waals surface area contributed by atoms with E-state index in [0.29, 0.717) is 5.56 Å². The molecule has 6 heteroatoms. The average Bonchev–Trinajstić information content (AvgIpc) is 2.54. The fraction of sp³-hybridized carbons (Fsp3) is 0.263. The number of hydrogen-bond acceptors (Lipinski definition) is 2. The standard InChI is InChI=1S/C19H20ClFN2O2/c1-13-5-7-14(8-6-13)17(24)22(19(2,3)4)23(20)18(25)15-9-11-16(21)12-10-15/h5-12H,1-4H3. The summed E-state index contributed by atoms with van der Waals surface area (Å²) in [6.45, 7) is 7.23. The topological polar surface area (TPSA) is 40.6 Å². The quantitative estimate of drug-likeness (QED) is 0.579. The SMILES string of the molecule is Cc1ccc(C(=O)N(N(Cl)C(=O)c2ccc(F)cc2)C(C)(C)C)cc1. The van der Waals surface area contributed by atoms with Crippen LogP contribution in [0.5, 0.6) is 0 Å². The summed E-state index contributed by atoms with van der Waals surface area (Å²) >= 11 is 6.23. The molecule has 0 unspecified atom stereocenters. The molecule has 2 aromatic carbocycles. The number of rotatable bonds is 2. The lowest BCUT2D eigenvalue weighted by molar-refractivity contribution is -0.00371. The first-order chi connectivity index (χ1) is 11.6. The minimum Gasteiger partial charge on any atom is -0.267 e. The van der Waals surface area contributed by atoms with Crippen molar-refractivity contribution in [1.82, 2.24) is 9.54 Å². The summed E-state index contributed by atoms with van der Waals surface area (Å²) < 4.78 is 13.8. The van der Waals surface area contributed by atoms with Gasteiger partial charge in [0, 0.05) is 22.9 Å². The van der Waals surface area contributed by atoms with Crippen LogP contribution in [0.1, 0.15) is 47.1 Å². The zero-order valence-corrected chi connectivity index (χ0v) is 15.3. The number of carbonyl (C=O) groups is 2. The molecule has 0 heterocycles. The van der Waals surface area contributed by atoms with E-state index in [1.165, 1.54) is 29.3 Å². The molecule has 0 aliphatic rings. The number of aryl methyl sites for hydroxylation is 1. The predicted octanol–water partition coefficient (Wildman–Crippen LogP) is 4.59. The van der Waals surface area contributed by atoms with Gasteiger partial charge >= 0.3 is 0 Å². The molecule has 2 aromatic rings. The van der Waals surface area contributed by atoms with Crippen LogP contribution in [0.4, 0.5) is 4.39 Å². The Kier molecular flexibility index (Phi) is 5.48. The second kappa shape index (κ2) is 7.23. The van der Waals surface area contributed by atoms with E-state index in [0.717, 1.165) is 10.1 Å². The Bertz CT molecular complexity index is 768. The van der Waals surface area contributed by atoms with Gasteiger partial charge in [0.05, 0.1) is 5.54 Å². The lowest BCUT2D eigenvalue weighted by Crippen LogP contribution is -2.54. The van der Waals surface area contributed by atoms with Gasteiger partial charge in [0.2, 0.25) is 0 Å². The number of hydrazine groups is 1. The second-order valence-corrected chi connectivity index (χ2v) is 7.05. The second-order valence-electron chi connectivity index (χ2n) is 6.73. The lowest BCUT2D eigenvalue weighted by atomic mass is 10.1. The van der Waals surface area contributed by atoms with Gasteiger partial charge in [0.1, 0.15) is 5.82 Å². The van der Waals surface area contributed by atoms with Crippen LogP contribution in [0, 0.1) is 12.7 Å². The van der Waals surface area contributed by atoms with E-state index in [-0.39, 0.29) is 5.56 Å². The van der Waals surface area contributed by atoms with E-state index in [1.54, 1.807) is 32.9 Å². The van der Waals surface area contributed by atoms with Gasteiger partial charge in [-0.3, -0.25) is 9.59 Å². The van der Waals surface area contributed by atoms with E-state index in [9.17, 15) is 14.0 Å². The fourth-order valence-electron chi connectivity index (χ4n) is 2.26. The van der Waals surface area contributed by atoms with Crippen molar-refractivity contribution in [3.05, 3.63) is 71.0 Å². The van der Waals surface area contributed by atoms with Crippen molar-refractivity contribution in [2.45, 2.75) is 33.2 Å². The minimum atomic E-state index is -0.751. The van der Waals surface area contributed by atoms with Gasteiger partial charge < -0.3 is 0 Å². The molecule has 0 atom stereocenters. The first kappa shape index (κ1) is 18.9. The third-order valence-corrected chi connectivity index (χ3v) is 3.87. The summed E-state index contributed by atoms with van der Waals surface area (Å²) in [5.74, 6) is -1.48. The van der Waals surface area contributed by atoms with E-state index in [1.807, 2.05) is 19.1 Å². The molecule has 2 rings (SSSR count). The van der Waals surface area contributed by atoms with Crippen molar-refractivity contribution in [2.24, 2.45) is 0 Å². The molecule has 0 fully saturated rings. The van der Waals surface area contributed by atoms with Crippen molar-refractivity contribution < 1.29 is 14.0 Å². The molecular formula is C19H20ClFN2O2. The van der Waals surface area contributed by atoms with Gasteiger partial charge in [-0.2, -0.15) is 4.53 Å². The van der Waals surface area contributed by atoms with Crippen molar-refractivity contribution in [1.29, 1.82) is 0 Å². The van der Waals surface area contributed by atoms with Gasteiger partial charge in [-0.25, -0.2) is 9.40 Å². The zero-order chi connectivity index (χ0) is 18.8. The number of amides is 2. The Morgan fingerprint density at radius 1 is 0.880 bits per heavy atom. The monoisotopic (exact) mass is 362 g/mol. The summed E-state index contributed by atoms with van der Waals surface area (Å²) in [5, 5.41) is 1.19. The smallest absolute Gasteiger partial charge is 0.267 e. The zero-order valence-electron chi connectivity index (χ0n) is 14.6. The molecule has 0 aromatic heterocycles. The molecule has 0 saturated heterocycles. The Labute approximate surface area is 151 Å². The van der Waals surface area contributed by atoms with Gasteiger partial charge in [-0.15, -0.1) is 0 Å². The van der Waals surface area contributed by atoms with Crippen LogP contribution in [-0.2, 0) is 0 Å². The molecule has 0 radical (unpaired) electrons. The summed E-state index contributed by atoms with van der Waals surface area (Å²) in [4.78, 5) is 25.5. The summed E-state index contributed by atoms with van der Waals surface area (Å²) in [7, 11) is 0. The lowest BCUT2D eigenvalue weighted by Gasteiger charge is -2.39. The van der Waals surface area contributed by atoms with Gasteiger partial charge in [-0.1, -0.05) is 17.7 Å². The maximum absolute atomic E-state index is 13.1. The Morgan fingerprint density at radius 2 is 1.32 bits per heavy atom. The number of halogens is 2. The molecule has 2 amide bonds. The van der Waals surface area contributed by atoms with E-state index < -0.39 is 23.2 Å². The molecule has 0 spiro atoms. The maximum Gasteiger partial charge on any atom is 0.287 e. The first-order valence-corrected chi connectivity index (χ1v) is 8.12. The molecule has 0 saturated carbocycles. The summed E-state index contributed by atoms with van der Waals surface area (Å²) in [6.07, 6.45) is 0. The Balaban J connectivity index is 2.36. The van der Waals surface area contributed by atoms with Crippen molar-refractivity contribution in [2.75, 3.05) is 0 Å². The van der Waals surface area contributed by atoms with E-state index in [2.05, 4.69) is 0 Å². The molecule has 0 bridgehead atoms. The van der Waals surface area contributed by atoms with E-state index >= 15 is 0 Å². The van der Waals surface area contributed by atoms with Crippen LogP contribution in [0.15, 0.2) is 48.5 Å². The van der Waals surface area contributed by atoms with Crippen LogP contribution in [0.3, 0.4) is 0 Å². The Hall–Kier alpha value is -2.40. The molecule has 132 valence electrons. The Morgan fingerprint density at radius 3 is 1.80 bits per heavy atom. The molecule has 4 nitrogen and oxygen atoms in total. The maximum atomic E-state index is 13.1. The van der Waals surface area contributed by atoms with Crippen LogP contribution in [0.25, 0.3) is 0 Å². The number of benzene rings is 2. The molecule has 25 heavy (non-hydrogen) atoms. The van der Waals surface area contributed by atoms with Crippen molar-refractivity contribution in [3.8, 4) is 0 Å². The molecular weight excluding hydrogens is 343 g/mol. The summed E-state index contributed by atoms with van der Waals surface area (Å²) in [6, 6.07) is 12.0. The van der Waals surface area contributed by atoms with Crippen LogP contribution < -0.4 is 0 Å². The number of carbonyl (C=O) groups excluding carboxylic acids is 2. The van der Waals surface area contributed by atoms with Crippen LogP contribution in [0.2, 0.25) is 0 Å². The third-order valence-electron chi connectivity index (χ3n) is 3.56. The van der Waals surface area contributed by atoms with Crippen molar-refractivity contribution >= 4 is 23.6 Å². The minimum absolute atomic E-state index is 0.183. The highest BCUT2D eigenvalue weighted by Crippen LogP contribution is 2.24. The molecule has 0 N–H and O–H groups in total. The van der Waals surface area contributed by atoms with E-state index in [4.69, 9.17) is 11.8 Å². The van der Waals surface area contributed by atoms with Gasteiger partial charge in [0.15, 0.2) is 0 Å². The summed E-state index contributed by atoms with van der Waals surface area (Å²) in [5.41, 5.74) is 0.865. The van der Waals surface area contributed by atoms with Gasteiger partial charge in [0.25, 0.3) is 11.8 Å². The number of nitrogens with zero attached hydrogens (tertiary/aromatic N) is 2. The van der Waals surface area contributed by atoms with Crippen LogP contribution in [-0.4, -0.2) is 26.9 Å². The largest absolute Gasteiger partial charge is 0.287 e. The predicted molar refractivity (Wildman–Crippen MR) is 95.5 cm³/mol. The normalized spacial score (nSPS) is 11.1.